The lowest BCUT2D eigenvalue weighted by molar-refractivity contribution is -0.141. The second kappa shape index (κ2) is 5.59. The zero-order valence-corrected chi connectivity index (χ0v) is 13.2. The molecule has 2 aromatic rings. The van der Waals surface area contributed by atoms with E-state index in [1.165, 1.54) is 35.7 Å². The van der Waals surface area contributed by atoms with Gasteiger partial charge in [-0.3, -0.25) is 18.7 Å². The topological polar surface area (TPSA) is 114 Å². The fourth-order valence-corrected chi connectivity index (χ4v) is 2.99. The smallest absolute Gasteiger partial charge is 0.332 e. The highest BCUT2D eigenvalue weighted by molar-refractivity contribution is 5.96. The summed E-state index contributed by atoms with van der Waals surface area (Å²) in [6, 6.07) is 1.94. The number of hydrogen-bond acceptors (Lipinski definition) is 5. The van der Waals surface area contributed by atoms with Crippen LogP contribution in [0.25, 0.3) is 11.0 Å². The maximum atomic E-state index is 12.6. The molecule has 9 nitrogen and oxygen atoms in total. The van der Waals surface area contributed by atoms with E-state index in [0.717, 1.165) is 4.57 Å². The van der Waals surface area contributed by atoms with E-state index in [1.54, 1.807) is 0 Å². The molecule has 0 saturated carbocycles. The molecule has 1 saturated heterocycles. The quantitative estimate of drug-likeness (QED) is 0.779. The third kappa shape index (κ3) is 2.29. The standard InChI is InChI=1S/C15H16N4O5/c1-17-11-8(12(20)18(2)15(17)24)5-6-9(16-11)13(21)19-7-3-4-10(19)14(22)23/h5-6,10H,3-4,7H2,1-2H3,(H,22,23)/t10-/m1/s1. The van der Waals surface area contributed by atoms with Gasteiger partial charge in [0.2, 0.25) is 0 Å². The van der Waals surface area contributed by atoms with E-state index in [9.17, 15) is 24.3 Å². The Morgan fingerprint density at radius 1 is 1.21 bits per heavy atom. The molecule has 0 bridgehead atoms. The van der Waals surface area contributed by atoms with Crippen molar-refractivity contribution < 1.29 is 14.7 Å². The number of rotatable bonds is 2. The van der Waals surface area contributed by atoms with Crippen LogP contribution in [-0.4, -0.2) is 48.6 Å². The van der Waals surface area contributed by atoms with Gasteiger partial charge in [0.15, 0.2) is 0 Å². The van der Waals surface area contributed by atoms with E-state index in [2.05, 4.69) is 4.98 Å². The number of carboxylic acids is 1. The Morgan fingerprint density at radius 2 is 1.92 bits per heavy atom. The van der Waals surface area contributed by atoms with Crippen molar-refractivity contribution in [1.29, 1.82) is 0 Å². The van der Waals surface area contributed by atoms with E-state index in [1.807, 2.05) is 0 Å². The number of carboxylic acid groups (broad SMARTS) is 1. The minimum Gasteiger partial charge on any atom is -0.480 e. The van der Waals surface area contributed by atoms with Crippen molar-refractivity contribution in [2.75, 3.05) is 6.54 Å². The van der Waals surface area contributed by atoms with E-state index < -0.39 is 29.2 Å². The largest absolute Gasteiger partial charge is 0.480 e. The van der Waals surface area contributed by atoms with Gasteiger partial charge in [0.25, 0.3) is 11.5 Å². The van der Waals surface area contributed by atoms with E-state index >= 15 is 0 Å². The number of carbonyl (C=O) groups is 2. The van der Waals surface area contributed by atoms with Crippen LogP contribution < -0.4 is 11.2 Å². The third-order valence-corrected chi connectivity index (χ3v) is 4.32. The summed E-state index contributed by atoms with van der Waals surface area (Å²) in [4.78, 5) is 53.3. The van der Waals surface area contributed by atoms with Crippen LogP contribution in [0.2, 0.25) is 0 Å². The first-order chi connectivity index (χ1) is 11.3. The van der Waals surface area contributed by atoms with Gasteiger partial charge >= 0.3 is 11.7 Å². The normalized spacial score (nSPS) is 17.4. The Hall–Kier alpha value is -2.97. The van der Waals surface area contributed by atoms with Gasteiger partial charge in [-0.25, -0.2) is 14.6 Å². The van der Waals surface area contributed by atoms with Crippen molar-refractivity contribution >= 4 is 22.9 Å². The summed E-state index contributed by atoms with van der Waals surface area (Å²) in [6.07, 6.45) is 1.00. The van der Waals surface area contributed by atoms with Crippen LogP contribution in [0.3, 0.4) is 0 Å². The molecule has 0 unspecified atom stereocenters. The highest BCUT2D eigenvalue weighted by Gasteiger charge is 2.35. The van der Waals surface area contributed by atoms with Crippen LogP contribution >= 0.6 is 0 Å². The molecular weight excluding hydrogens is 316 g/mol. The molecule has 0 spiro atoms. The van der Waals surface area contributed by atoms with Crippen LogP contribution in [0.1, 0.15) is 23.3 Å². The molecule has 1 amide bonds. The van der Waals surface area contributed by atoms with Gasteiger partial charge in [-0.1, -0.05) is 0 Å². The van der Waals surface area contributed by atoms with Gasteiger partial charge in [0, 0.05) is 20.6 Å². The predicted molar refractivity (Wildman–Crippen MR) is 83.9 cm³/mol. The van der Waals surface area contributed by atoms with Crippen LogP contribution in [0.15, 0.2) is 21.7 Å². The number of hydrogen-bond donors (Lipinski definition) is 1. The summed E-state index contributed by atoms with van der Waals surface area (Å²) >= 11 is 0. The van der Waals surface area contributed by atoms with Crippen LogP contribution in [0, 0.1) is 0 Å². The number of likely N-dealkylation sites (tertiary alicyclic amines) is 1. The molecule has 0 aromatic carbocycles. The van der Waals surface area contributed by atoms with Gasteiger partial charge in [-0.2, -0.15) is 0 Å². The van der Waals surface area contributed by atoms with Crippen molar-refractivity contribution in [3.8, 4) is 0 Å². The van der Waals surface area contributed by atoms with Crippen LogP contribution in [0.5, 0.6) is 0 Å². The summed E-state index contributed by atoms with van der Waals surface area (Å²) in [6.45, 7) is 0.338. The first-order valence-corrected chi connectivity index (χ1v) is 7.43. The molecule has 3 heterocycles. The monoisotopic (exact) mass is 332 g/mol. The molecule has 0 radical (unpaired) electrons. The van der Waals surface area contributed by atoms with Crippen molar-refractivity contribution in [2.45, 2.75) is 18.9 Å². The number of aryl methyl sites for hydroxylation is 1. The Bertz CT molecular complexity index is 974. The van der Waals surface area contributed by atoms with Crippen LogP contribution in [-0.2, 0) is 18.9 Å². The molecule has 126 valence electrons. The number of aromatic nitrogens is 3. The number of pyridine rings is 1. The Morgan fingerprint density at radius 3 is 2.58 bits per heavy atom. The summed E-state index contributed by atoms with van der Waals surface area (Å²) in [5.41, 5.74) is -0.933. The lowest BCUT2D eigenvalue weighted by atomic mass is 10.2. The molecule has 1 atom stereocenters. The highest BCUT2D eigenvalue weighted by Crippen LogP contribution is 2.20. The molecule has 2 aromatic heterocycles. The lowest BCUT2D eigenvalue weighted by Crippen LogP contribution is -2.41. The molecule has 1 aliphatic heterocycles. The summed E-state index contributed by atoms with van der Waals surface area (Å²) < 4.78 is 2.15. The van der Waals surface area contributed by atoms with Gasteiger partial charge in [0.05, 0.1) is 5.39 Å². The number of carbonyl (C=O) groups excluding carboxylic acids is 1. The molecule has 1 N–H and O–H groups in total. The van der Waals surface area contributed by atoms with E-state index in [0.29, 0.717) is 19.4 Å². The average molecular weight is 332 g/mol. The van der Waals surface area contributed by atoms with Gasteiger partial charge < -0.3 is 10.0 Å². The first kappa shape index (κ1) is 15.9. The summed E-state index contributed by atoms with van der Waals surface area (Å²) in [5.74, 6) is -1.57. The zero-order chi connectivity index (χ0) is 17.6. The number of aliphatic carboxylic acids is 1. The van der Waals surface area contributed by atoms with Gasteiger partial charge in [-0.15, -0.1) is 0 Å². The second-order valence-electron chi connectivity index (χ2n) is 5.77. The fraction of sp³-hybridized carbons (Fsp3) is 0.400. The first-order valence-electron chi connectivity index (χ1n) is 7.43. The number of fused-ring (bicyclic) bond motifs is 1. The lowest BCUT2D eigenvalue weighted by Gasteiger charge is -2.21. The third-order valence-electron chi connectivity index (χ3n) is 4.32. The number of nitrogens with zero attached hydrogens (tertiary/aromatic N) is 4. The molecule has 0 aliphatic carbocycles. The predicted octanol–water partition coefficient (Wildman–Crippen LogP) is -0.679. The van der Waals surface area contributed by atoms with Gasteiger partial charge in [-0.05, 0) is 25.0 Å². The zero-order valence-electron chi connectivity index (χ0n) is 13.2. The minimum absolute atomic E-state index is 0.0129. The Kier molecular flexibility index (Phi) is 3.70. The molecule has 1 fully saturated rings. The molecule has 9 heteroatoms. The van der Waals surface area contributed by atoms with Crippen molar-refractivity contribution in [1.82, 2.24) is 19.0 Å². The Balaban J connectivity index is 2.12. The van der Waals surface area contributed by atoms with Crippen molar-refractivity contribution in [3.63, 3.8) is 0 Å². The fourth-order valence-electron chi connectivity index (χ4n) is 2.99. The molecule has 3 rings (SSSR count). The van der Waals surface area contributed by atoms with Gasteiger partial charge in [0.1, 0.15) is 17.4 Å². The molecule has 1 aliphatic rings. The van der Waals surface area contributed by atoms with Crippen LogP contribution in [0.4, 0.5) is 0 Å². The maximum absolute atomic E-state index is 12.6. The maximum Gasteiger partial charge on any atom is 0.332 e. The van der Waals surface area contributed by atoms with E-state index in [4.69, 9.17) is 0 Å². The molecule has 24 heavy (non-hydrogen) atoms. The van der Waals surface area contributed by atoms with Crippen molar-refractivity contribution in [3.05, 3.63) is 38.7 Å². The van der Waals surface area contributed by atoms with E-state index in [-0.39, 0.29) is 16.7 Å². The van der Waals surface area contributed by atoms with Crippen molar-refractivity contribution in [2.24, 2.45) is 14.1 Å². The highest BCUT2D eigenvalue weighted by atomic mass is 16.4. The summed E-state index contributed by atoms with van der Waals surface area (Å²) in [7, 11) is 2.83. The average Bonchev–Trinajstić information content (AvgIpc) is 3.06. The minimum atomic E-state index is -1.05. The Labute approximate surface area is 135 Å². The summed E-state index contributed by atoms with van der Waals surface area (Å²) in [5, 5.41) is 9.41. The second-order valence-corrected chi connectivity index (χ2v) is 5.77. The number of amides is 1. The SMILES string of the molecule is Cn1c(=O)c2ccc(C(=O)N3CCC[C@@H]3C(=O)O)nc2n(C)c1=O. The molecular formula is C15H16N4O5.